The van der Waals surface area contributed by atoms with Gasteiger partial charge in [-0.05, 0) is 161 Å². The molecule has 0 saturated heterocycles. The molecule has 7 aromatic rings. The van der Waals surface area contributed by atoms with Crippen molar-refractivity contribution in [1.82, 2.24) is 9.97 Å². The second kappa shape index (κ2) is 12.3. The van der Waals surface area contributed by atoms with Gasteiger partial charge in [-0.2, -0.15) is 0 Å². The van der Waals surface area contributed by atoms with E-state index in [1.54, 1.807) is 0 Å². The van der Waals surface area contributed by atoms with Crippen molar-refractivity contribution in [2.75, 3.05) is 9.80 Å². The van der Waals surface area contributed by atoms with Crippen LogP contribution >= 0.6 is 0 Å². The fourth-order valence-corrected chi connectivity index (χ4v) is 11.2. The minimum Gasteiger partial charge on any atom is -0.307 e. The molecule has 0 radical (unpaired) electrons. The molecular weight excluding hydrogens is 745 g/mol. The lowest BCUT2D eigenvalue weighted by Crippen LogP contribution is -2.53. The van der Waals surface area contributed by atoms with E-state index in [2.05, 4.69) is 212 Å². The lowest BCUT2D eigenvalue weighted by molar-refractivity contribution is 0.337. The summed E-state index contributed by atoms with van der Waals surface area (Å²) >= 11 is 0. The molecule has 302 valence electrons. The molecule has 11 rings (SSSR count). The molecule has 6 nitrogen and oxygen atoms in total. The van der Waals surface area contributed by atoms with Gasteiger partial charge in [0.1, 0.15) is 23.3 Å². The average molecular weight is 797 g/mol. The van der Waals surface area contributed by atoms with E-state index in [1.165, 1.54) is 55.3 Å². The summed E-state index contributed by atoms with van der Waals surface area (Å²) < 4.78 is 0. The third-order valence-electron chi connectivity index (χ3n) is 15.2. The quantitative estimate of drug-likeness (QED) is 0.178. The van der Waals surface area contributed by atoms with Gasteiger partial charge < -0.3 is 9.80 Å². The lowest BCUT2D eigenvalue weighted by Gasteiger charge is -2.40. The van der Waals surface area contributed by atoms with Crippen molar-refractivity contribution in [2.24, 2.45) is 9.98 Å². The van der Waals surface area contributed by atoms with Crippen molar-refractivity contribution >= 4 is 34.1 Å². The lowest BCUT2D eigenvalue weighted by atomic mass is 9.69. The molecule has 4 aliphatic rings. The number of amidine groups is 2. The number of aromatic nitrogens is 2. The molecule has 61 heavy (non-hydrogen) atoms. The highest BCUT2D eigenvalue weighted by Crippen LogP contribution is 2.64. The van der Waals surface area contributed by atoms with Gasteiger partial charge >= 0.3 is 0 Å². The largest absolute Gasteiger partial charge is 0.307 e. The first-order chi connectivity index (χ1) is 29.1. The Kier molecular flexibility index (Phi) is 7.61. The number of aliphatic imine (C=N–C) groups is 2. The van der Waals surface area contributed by atoms with Crippen LogP contribution in [-0.4, -0.2) is 43.8 Å². The van der Waals surface area contributed by atoms with Gasteiger partial charge in [0.05, 0.1) is 39.0 Å². The summed E-state index contributed by atoms with van der Waals surface area (Å²) in [5, 5.41) is 2.45. The van der Waals surface area contributed by atoms with Crippen molar-refractivity contribution in [2.45, 2.75) is 96.8 Å². The molecule has 6 heteroatoms. The van der Waals surface area contributed by atoms with Gasteiger partial charge in [-0.25, -0.2) is 9.97 Å². The summed E-state index contributed by atoms with van der Waals surface area (Å²) in [5.41, 5.74) is 13.0. The third-order valence-corrected chi connectivity index (χ3v) is 15.2. The smallest absolute Gasteiger partial charge is 0.135 e. The zero-order valence-electron chi connectivity index (χ0n) is 36.9. The van der Waals surface area contributed by atoms with Crippen molar-refractivity contribution in [3.05, 3.63) is 156 Å². The zero-order chi connectivity index (χ0) is 42.4. The van der Waals surface area contributed by atoms with E-state index in [0.717, 1.165) is 45.8 Å². The van der Waals surface area contributed by atoms with E-state index in [-0.39, 0.29) is 22.2 Å². The molecule has 0 saturated carbocycles. The minimum absolute atomic E-state index is 0.224. The summed E-state index contributed by atoms with van der Waals surface area (Å²) in [7, 11) is 0. The fraction of sp³-hybridized carbons (Fsp3) is 0.273. The molecule has 2 aliphatic carbocycles. The predicted molar refractivity (Wildman–Crippen MR) is 254 cm³/mol. The van der Waals surface area contributed by atoms with Gasteiger partial charge in [0.15, 0.2) is 0 Å². The monoisotopic (exact) mass is 796 g/mol. The van der Waals surface area contributed by atoms with Crippen LogP contribution in [0.5, 0.6) is 0 Å². The molecule has 2 aliphatic heterocycles. The predicted octanol–water partition coefficient (Wildman–Crippen LogP) is 12.9. The number of hydrogen-bond acceptors (Lipinski definition) is 6. The van der Waals surface area contributed by atoms with E-state index < -0.39 is 5.41 Å². The molecule has 4 heterocycles. The van der Waals surface area contributed by atoms with Crippen LogP contribution in [0.1, 0.15) is 91.5 Å². The highest BCUT2D eigenvalue weighted by molar-refractivity contribution is 6.05. The molecule has 2 aromatic heterocycles. The first-order valence-corrected chi connectivity index (χ1v) is 21.7. The van der Waals surface area contributed by atoms with E-state index in [9.17, 15) is 0 Å². The first kappa shape index (κ1) is 37.6. The van der Waals surface area contributed by atoms with Gasteiger partial charge in [0.25, 0.3) is 0 Å². The maximum absolute atomic E-state index is 5.38. The van der Waals surface area contributed by atoms with Crippen LogP contribution in [0.2, 0.25) is 0 Å². The standard InChI is InChI=1S/C55H52N6/c1-33-58-51(3,4)53(7,8)60(33)48-23-15-21-46(56-48)36-26-28-38-35(31-36)25-30-42-41-29-27-37(47-22-16-24-49(57-47)61-34(2)59-52(5,6)54(61,9)10)32-45(41)55(50(38)42)43-19-13-11-17-39(43)40-18-12-14-20-44(40)55/h11-32H,1-10H3. The molecule has 0 N–H and O–H groups in total. The third kappa shape index (κ3) is 4.90. The minimum atomic E-state index is -0.528. The Morgan fingerprint density at radius 3 is 1.43 bits per heavy atom. The molecule has 0 bridgehead atoms. The van der Waals surface area contributed by atoms with Gasteiger partial charge in [-0.1, -0.05) is 97.1 Å². The summed E-state index contributed by atoms with van der Waals surface area (Å²) in [4.78, 5) is 25.4. The molecule has 0 amide bonds. The Hall–Kier alpha value is -6.40. The van der Waals surface area contributed by atoms with Crippen LogP contribution in [0, 0.1) is 0 Å². The maximum atomic E-state index is 5.38. The van der Waals surface area contributed by atoms with Crippen LogP contribution in [0.15, 0.2) is 143 Å². The number of fused-ring (bicyclic) bond motifs is 12. The summed E-state index contributed by atoms with van der Waals surface area (Å²) in [5.74, 6) is 3.82. The number of anilines is 2. The average Bonchev–Trinajstić information content (AvgIpc) is 3.81. The Morgan fingerprint density at radius 1 is 0.426 bits per heavy atom. The first-order valence-electron chi connectivity index (χ1n) is 21.7. The molecule has 1 spiro atoms. The zero-order valence-corrected chi connectivity index (χ0v) is 36.9. The van der Waals surface area contributed by atoms with E-state index in [1.807, 2.05) is 0 Å². The van der Waals surface area contributed by atoms with Crippen LogP contribution < -0.4 is 9.80 Å². The Morgan fingerprint density at radius 2 is 0.902 bits per heavy atom. The number of benzene rings is 5. The van der Waals surface area contributed by atoms with Crippen molar-refractivity contribution in [3.8, 4) is 44.8 Å². The summed E-state index contributed by atoms with van der Waals surface area (Å²) in [6, 6.07) is 49.5. The topological polar surface area (TPSA) is 57.0 Å². The van der Waals surface area contributed by atoms with Crippen molar-refractivity contribution < 1.29 is 0 Å². The van der Waals surface area contributed by atoms with Crippen LogP contribution in [0.3, 0.4) is 0 Å². The highest BCUT2D eigenvalue weighted by atomic mass is 15.4. The number of pyridine rings is 2. The second-order valence-corrected chi connectivity index (χ2v) is 19.5. The van der Waals surface area contributed by atoms with E-state index in [4.69, 9.17) is 20.0 Å². The van der Waals surface area contributed by atoms with Crippen molar-refractivity contribution in [1.29, 1.82) is 0 Å². The fourth-order valence-electron chi connectivity index (χ4n) is 11.2. The van der Waals surface area contributed by atoms with Crippen LogP contribution in [0.25, 0.3) is 55.5 Å². The van der Waals surface area contributed by atoms with Crippen LogP contribution in [-0.2, 0) is 5.41 Å². The van der Waals surface area contributed by atoms with Gasteiger partial charge in [0, 0.05) is 11.1 Å². The Bertz CT molecular complexity index is 3040. The Balaban J connectivity index is 1.09. The molecule has 0 unspecified atom stereocenters. The number of rotatable bonds is 4. The highest BCUT2D eigenvalue weighted by Gasteiger charge is 2.53. The maximum Gasteiger partial charge on any atom is 0.135 e. The molecule has 0 fully saturated rings. The van der Waals surface area contributed by atoms with Crippen molar-refractivity contribution in [3.63, 3.8) is 0 Å². The SMILES string of the molecule is CC1=NC(C)(C)C(C)(C)N1c1cccc(-c2ccc3c(c2)C2(c4ccccc4-c4ccccc42)c2c-3ccc3cc(-c4cccc(N5C(C)=NC(C)(C)C5(C)C)n4)ccc23)n1. The summed E-state index contributed by atoms with van der Waals surface area (Å²) in [6.45, 7) is 22.1. The van der Waals surface area contributed by atoms with E-state index >= 15 is 0 Å². The molecule has 5 aromatic carbocycles. The molecule has 0 atom stereocenters. The number of hydrogen-bond donors (Lipinski definition) is 0. The van der Waals surface area contributed by atoms with Gasteiger partial charge in [0.2, 0.25) is 0 Å². The molecular formula is C55H52N6. The summed E-state index contributed by atoms with van der Waals surface area (Å²) in [6.07, 6.45) is 0. The van der Waals surface area contributed by atoms with Gasteiger partial charge in [-0.3, -0.25) is 9.98 Å². The normalized spacial score (nSPS) is 19.1. The van der Waals surface area contributed by atoms with Gasteiger partial charge in [-0.15, -0.1) is 0 Å². The number of nitrogens with zero attached hydrogens (tertiary/aromatic N) is 6. The Labute approximate surface area is 359 Å². The van der Waals surface area contributed by atoms with Crippen LogP contribution in [0.4, 0.5) is 11.6 Å². The van der Waals surface area contributed by atoms with E-state index in [0.29, 0.717) is 0 Å². The second-order valence-electron chi connectivity index (χ2n) is 19.5.